The molecule has 1 heterocycles. The van der Waals surface area contributed by atoms with Crippen LogP contribution in [0, 0.1) is 0 Å². The topological polar surface area (TPSA) is 70.7 Å². The minimum absolute atomic E-state index is 0.0800. The molecule has 166 valence electrons. The second kappa shape index (κ2) is 12.1. The van der Waals surface area contributed by atoms with Gasteiger partial charge in [-0.2, -0.15) is 0 Å². The Morgan fingerprint density at radius 3 is 2.53 bits per heavy atom. The number of rotatable bonds is 10. The molecule has 3 N–H and O–H groups in total. The third-order valence-electron chi connectivity index (χ3n) is 5.14. The molecule has 3 rings (SSSR count). The molecular weight excluding hydrogens is 416 g/mol. The monoisotopic (exact) mass is 446 g/mol. The van der Waals surface area contributed by atoms with Gasteiger partial charge in [0.05, 0.1) is 5.69 Å². The van der Waals surface area contributed by atoms with Crippen LogP contribution in [0.2, 0.25) is 0 Å². The summed E-state index contributed by atoms with van der Waals surface area (Å²) in [5, 5.41) is 5.70. The Morgan fingerprint density at radius 2 is 1.84 bits per heavy atom. The minimum Gasteiger partial charge on any atom is -0.350 e. The van der Waals surface area contributed by atoms with Crippen molar-refractivity contribution in [3.8, 4) is 0 Å². The van der Waals surface area contributed by atoms with Crippen LogP contribution < -0.4 is 11.1 Å². The fourth-order valence-electron chi connectivity index (χ4n) is 3.31. The van der Waals surface area contributed by atoms with Gasteiger partial charge >= 0.3 is 0 Å². The number of amides is 1. The van der Waals surface area contributed by atoms with E-state index in [1.54, 1.807) is 6.08 Å². The normalized spacial score (nSPS) is 16.7. The van der Waals surface area contributed by atoms with E-state index >= 15 is 0 Å². The molecule has 1 unspecified atom stereocenters. The van der Waals surface area contributed by atoms with Gasteiger partial charge < -0.3 is 16.0 Å². The lowest BCUT2D eigenvalue weighted by atomic mass is 10.1. The molecule has 2 aromatic rings. The number of carbonyl (C=O) groups excluding carboxylic acids is 1. The van der Waals surface area contributed by atoms with Crippen molar-refractivity contribution in [2.45, 2.75) is 18.9 Å². The predicted molar refractivity (Wildman–Crippen MR) is 136 cm³/mol. The van der Waals surface area contributed by atoms with E-state index in [9.17, 15) is 4.79 Å². The number of carbonyl (C=O) groups is 1. The summed E-state index contributed by atoms with van der Waals surface area (Å²) in [6.07, 6.45) is 5.23. The quantitative estimate of drug-likeness (QED) is 0.537. The van der Waals surface area contributed by atoms with E-state index in [1.165, 1.54) is 22.9 Å². The zero-order valence-electron chi connectivity index (χ0n) is 18.2. The second-order valence-electron chi connectivity index (χ2n) is 7.50. The summed E-state index contributed by atoms with van der Waals surface area (Å²) in [6.45, 7) is 9.25. The third kappa shape index (κ3) is 6.70. The Bertz CT molecular complexity index is 983. The number of hydrogen-bond acceptors (Lipinski definition) is 4. The highest BCUT2D eigenvalue weighted by atomic mass is 32.2. The van der Waals surface area contributed by atoms with E-state index in [0.717, 1.165) is 29.3 Å². The van der Waals surface area contributed by atoms with Gasteiger partial charge in [-0.25, -0.2) is 4.99 Å². The maximum atomic E-state index is 13.0. The first-order valence-electron chi connectivity index (χ1n) is 10.7. The van der Waals surface area contributed by atoms with E-state index in [0.29, 0.717) is 19.6 Å². The molecule has 32 heavy (non-hydrogen) atoms. The number of nitrogens with two attached hydrogens (primary N) is 1. The third-order valence-corrected chi connectivity index (χ3v) is 5.97. The predicted octanol–water partition coefficient (Wildman–Crippen LogP) is 4.21. The smallest absolute Gasteiger partial charge is 0.247 e. The fraction of sp³-hybridized carbons (Fsp3) is 0.231. The van der Waals surface area contributed by atoms with E-state index < -0.39 is 6.04 Å². The van der Waals surface area contributed by atoms with Crippen LogP contribution in [-0.4, -0.2) is 41.7 Å². The van der Waals surface area contributed by atoms with Crippen molar-refractivity contribution in [3.63, 3.8) is 0 Å². The molecule has 0 aromatic heterocycles. The number of hydrogen-bond donors (Lipinski definition) is 2. The summed E-state index contributed by atoms with van der Waals surface area (Å²) in [5.74, 6) is -0.0800. The van der Waals surface area contributed by atoms with Crippen molar-refractivity contribution in [1.82, 2.24) is 10.2 Å². The number of nitrogens with one attached hydrogen (secondary N) is 1. The molecule has 0 saturated heterocycles. The summed E-state index contributed by atoms with van der Waals surface area (Å²) in [6, 6.07) is 17.9. The van der Waals surface area contributed by atoms with E-state index in [1.807, 2.05) is 41.8 Å². The van der Waals surface area contributed by atoms with Gasteiger partial charge in [0.2, 0.25) is 5.91 Å². The SMILES string of the molecule is C=CC(=C)CNC(=O)C1C=CSC(=Nc2ccc(CCN)cc2)N1CCc1ccccc1. The van der Waals surface area contributed by atoms with Crippen LogP contribution in [0.15, 0.2) is 95.9 Å². The first-order chi connectivity index (χ1) is 15.6. The zero-order valence-corrected chi connectivity index (χ0v) is 19.1. The summed E-state index contributed by atoms with van der Waals surface area (Å²) in [5.41, 5.74) is 9.68. The molecular formula is C26H30N4OS. The Balaban J connectivity index is 1.82. The molecule has 6 heteroatoms. The molecule has 1 atom stereocenters. The molecule has 0 radical (unpaired) electrons. The standard InChI is InChI=1S/C26H30N4OS/c1-3-20(2)19-28-25(31)24-15-18-32-26(29-23-11-9-22(10-12-23)13-16-27)30(24)17-14-21-7-5-4-6-8-21/h3-12,15,18,24H,1-2,13-14,16-17,19,27H2,(H,28,31). The van der Waals surface area contributed by atoms with Gasteiger partial charge in [-0.1, -0.05) is 73.5 Å². The van der Waals surface area contributed by atoms with Crippen molar-refractivity contribution >= 4 is 28.5 Å². The second-order valence-corrected chi connectivity index (χ2v) is 8.37. The summed E-state index contributed by atoms with van der Waals surface area (Å²) in [7, 11) is 0. The van der Waals surface area contributed by atoms with E-state index in [4.69, 9.17) is 10.7 Å². The zero-order chi connectivity index (χ0) is 22.8. The average Bonchev–Trinajstić information content (AvgIpc) is 2.83. The van der Waals surface area contributed by atoms with E-state index in [2.05, 4.69) is 47.6 Å². The largest absolute Gasteiger partial charge is 0.350 e. The summed E-state index contributed by atoms with van der Waals surface area (Å²) >= 11 is 1.53. The van der Waals surface area contributed by atoms with Gasteiger partial charge in [-0.15, -0.1) is 0 Å². The van der Waals surface area contributed by atoms with Crippen molar-refractivity contribution in [2.24, 2.45) is 10.7 Å². The van der Waals surface area contributed by atoms with Crippen LogP contribution in [0.25, 0.3) is 0 Å². The maximum Gasteiger partial charge on any atom is 0.247 e. The van der Waals surface area contributed by atoms with Gasteiger partial charge in [0, 0.05) is 13.1 Å². The van der Waals surface area contributed by atoms with Crippen LogP contribution in [0.5, 0.6) is 0 Å². The lowest BCUT2D eigenvalue weighted by Gasteiger charge is -2.33. The molecule has 1 aliphatic heterocycles. The van der Waals surface area contributed by atoms with Crippen LogP contribution in [-0.2, 0) is 17.6 Å². The van der Waals surface area contributed by atoms with E-state index in [-0.39, 0.29) is 5.91 Å². The van der Waals surface area contributed by atoms with Gasteiger partial charge in [0.25, 0.3) is 0 Å². The Kier molecular flexibility index (Phi) is 8.90. The van der Waals surface area contributed by atoms with Crippen LogP contribution in [0.3, 0.4) is 0 Å². The van der Waals surface area contributed by atoms with Crippen LogP contribution >= 0.6 is 11.8 Å². The molecule has 0 aliphatic carbocycles. The molecule has 2 aromatic carbocycles. The highest BCUT2D eigenvalue weighted by Crippen LogP contribution is 2.26. The molecule has 1 aliphatic rings. The van der Waals surface area contributed by atoms with Gasteiger partial charge in [0.1, 0.15) is 6.04 Å². The highest BCUT2D eigenvalue weighted by molar-refractivity contribution is 8.16. The van der Waals surface area contributed by atoms with Gasteiger partial charge in [0.15, 0.2) is 5.17 Å². The number of nitrogens with zero attached hydrogens (tertiary/aromatic N) is 2. The summed E-state index contributed by atoms with van der Waals surface area (Å²) < 4.78 is 0. The Labute approximate surface area is 194 Å². The minimum atomic E-state index is -0.437. The molecule has 0 fully saturated rings. The molecule has 5 nitrogen and oxygen atoms in total. The van der Waals surface area contributed by atoms with Gasteiger partial charge in [-0.05, 0) is 59.7 Å². The lowest BCUT2D eigenvalue weighted by Crippen LogP contribution is -2.50. The number of thioether (sulfide) groups is 1. The van der Waals surface area contributed by atoms with Crippen molar-refractivity contribution < 1.29 is 4.79 Å². The van der Waals surface area contributed by atoms with Crippen molar-refractivity contribution in [1.29, 1.82) is 0 Å². The molecule has 1 amide bonds. The highest BCUT2D eigenvalue weighted by Gasteiger charge is 2.29. The summed E-state index contributed by atoms with van der Waals surface area (Å²) in [4.78, 5) is 19.9. The lowest BCUT2D eigenvalue weighted by molar-refractivity contribution is -0.123. The molecule has 0 bridgehead atoms. The first-order valence-corrected chi connectivity index (χ1v) is 11.6. The van der Waals surface area contributed by atoms with Crippen molar-refractivity contribution in [2.75, 3.05) is 19.6 Å². The first kappa shape index (κ1) is 23.6. The van der Waals surface area contributed by atoms with Crippen LogP contribution in [0.4, 0.5) is 5.69 Å². The Hall–Kier alpha value is -3.09. The van der Waals surface area contributed by atoms with Crippen molar-refractivity contribution in [3.05, 3.63) is 102 Å². The molecule has 0 saturated carbocycles. The van der Waals surface area contributed by atoms with Crippen LogP contribution in [0.1, 0.15) is 11.1 Å². The number of benzene rings is 2. The fourth-order valence-corrected chi connectivity index (χ4v) is 4.15. The van der Waals surface area contributed by atoms with Gasteiger partial charge in [-0.3, -0.25) is 4.79 Å². The number of aliphatic imine (C=N–C) groups is 1. The molecule has 0 spiro atoms. The average molecular weight is 447 g/mol. The number of amidine groups is 1. The Morgan fingerprint density at radius 1 is 1.12 bits per heavy atom. The maximum absolute atomic E-state index is 13.0.